The zero-order valence-corrected chi connectivity index (χ0v) is 20.8. The molecule has 11 heteroatoms. The molecule has 0 unspecified atom stereocenters. The van der Waals surface area contributed by atoms with Gasteiger partial charge in [-0.15, -0.1) is 11.3 Å². The zero-order chi connectivity index (χ0) is 26.8. The fourth-order valence-corrected chi connectivity index (χ4v) is 4.54. The third kappa shape index (κ3) is 5.15. The SMILES string of the molecule is O=C(COC(=O)c1ccc2nc(-c3ccco3)c(-c3ccco3)nc2c1)Nc1nc(-c2ccc(F)cc2)cs1. The number of anilines is 1. The van der Waals surface area contributed by atoms with Gasteiger partial charge in [-0.05, 0) is 66.7 Å². The maximum absolute atomic E-state index is 13.1. The van der Waals surface area contributed by atoms with Crippen LogP contribution in [0.25, 0.3) is 45.2 Å². The number of hydrogen-bond donors (Lipinski definition) is 1. The molecule has 0 spiro atoms. The molecule has 0 saturated carbocycles. The van der Waals surface area contributed by atoms with E-state index in [2.05, 4.69) is 20.3 Å². The largest absolute Gasteiger partial charge is 0.463 e. The van der Waals surface area contributed by atoms with Gasteiger partial charge in [-0.2, -0.15) is 0 Å². The summed E-state index contributed by atoms with van der Waals surface area (Å²) >= 11 is 1.20. The first kappa shape index (κ1) is 24.2. The van der Waals surface area contributed by atoms with E-state index in [9.17, 15) is 14.0 Å². The van der Waals surface area contributed by atoms with Crippen molar-refractivity contribution in [2.75, 3.05) is 11.9 Å². The highest BCUT2D eigenvalue weighted by molar-refractivity contribution is 7.14. The summed E-state index contributed by atoms with van der Waals surface area (Å²) in [7, 11) is 0. The summed E-state index contributed by atoms with van der Waals surface area (Å²) in [5, 5.41) is 4.66. The second-order valence-electron chi connectivity index (χ2n) is 8.25. The van der Waals surface area contributed by atoms with E-state index in [1.165, 1.54) is 35.8 Å². The van der Waals surface area contributed by atoms with E-state index in [-0.39, 0.29) is 11.4 Å². The number of nitrogens with zero attached hydrogens (tertiary/aromatic N) is 3. The third-order valence-electron chi connectivity index (χ3n) is 5.63. The molecule has 6 aromatic rings. The molecule has 1 amide bonds. The molecule has 0 fully saturated rings. The van der Waals surface area contributed by atoms with Gasteiger partial charge in [0.05, 0.1) is 34.8 Å². The third-order valence-corrected chi connectivity index (χ3v) is 6.39. The summed E-state index contributed by atoms with van der Waals surface area (Å²) in [4.78, 5) is 38.7. The van der Waals surface area contributed by atoms with E-state index < -0.39 is 18.5 Å². The van der Waals surface area contributed by atoms with Gasteiger partial charge in [0.15, 0.2) is 23.3 Å². The average molecular weight is 541 g/mol. The number of aromatic nitrogens is 3. The number of nitrogens with one attached hydrogen (secondary N) is 1. The van der Waals surface area contributed by atoms with Gasteiger partial charge < -0.3 is 13.6 Å². The molecule has 0 bridgehead atoms. The van der Waals surface area contributed by atoms with Crippen molar-refractivity contribution in [3.05, 3.63) is 96.0 Å². The number of carbonyl (C=O) groups is 2. The number of thiazole rings is 1. The first-order valence-corrected chi connectivity index (χ1v) is 12.5. The summed E-state index contributed by atoms with van der Waals surface area (Å²) in [5.41, 5.74) is 3.43. The summed E-state index contributed by atoms with van der Waals surface area (Å²) in [6.45, 7) is -0.511. The van der Waals surface area contributed by atoms with Crippen molar-refractivity contribution in [2.24, 2.45) is 0 Å². The Bertz CT molecular complexity index is 1780. The number of fused-ring (bicyclic) bond motifs is 1. The molecule has 4 heterocycles. The average Bonchev–Trinajstić information content (AvgIpc) is 3.74. The zero-order valence-electron chi connectivity index (χ0n) is 20.0. The number of hydrogen-bond acceptors (Lipinski definition) is 9. The van der Waals surface area contributed by atoms with Crippen LogP contribution in [0.1, 0.15) is 10.4 Å². The molecule has 9 nitrogen and oxygen atoms in total. The van der Waals surface area contributed by atoms with E-state index >= 15 is 0 Å². The summed E-state index contributed by atoms with van der Waals surface area (Å²) in [6, 6.07) is 17.6. The molecule has 192 valence electrons. The van der Waals surface area contributed by atoms with Gasteiger partial charge in [0, 0.05) is 10.9 Å². The lowest BCUT2D eigenvalue weighted by atomic mass is 10.1. The second kappa shape index (κ2) is 10.3. The Labute approximate surface area is 223 Å². The van der Waals surface area contributed by atoms with Crippen LogP contribution in [0, 0.1) is 5.82 Å². The predicted octanol–water partition coefficient (Wildman–Crippen LogP) is 6.21. The van der Waals surface area contributed by atoms with E-state index in [0.29, 0.717) is 50.3 Å². The van der Waals surface area contributed by atoms with Crippen LogP contribution in [0.4, 0.5) is 9.52 Å². The monoisotopic (exact) mass is 540 g/mol. The Hall–Kier alpha value is -5.16. The molecular formula is C28H17FN4O5S. The fraction of sp³-hybridized carbons (Fsp3) is 0.0357. The topological polar surface area (TPSA) is 120 Å². The van der Waals surface area contributed by atoms with Gasteiger partial charge in [0.1, 0.15) is 17.2 Å². The van der Waals surface area contributed by atoms with Crippen molar-refractivity contribution < 1.29 is 27.6 Å². The van der Waals surface area contributed by atoms with Crippen molar-refractivity contribution in [3.8, 4) is 34.2 Å². The predicted molar refractivity (Wildman–Crippen MR) is 141 cm³/mol. The highest BCUT2D eigenvalue weighted by Gasteiger charge is 2.19. The number of benzene rings is 2. The van der Waals surface area contributed by atoms with Gasteiger partial charge in [-0.3, -0.25) is 10.1 Å². The molecular weight excluding hydrogens is 523 g/mol. The minimum atomic E-state index is -0.699. The molecule has 0 aliphatic rings. The van der Waals surface area contributed by atoms with Crippen molar-refractivity contribution >= 4 is 39.4 Å². The second-order valence-corrected chi connectivity index (χ2v) is 9.11. The van der Waals surface area contributed by atoms with Crippen molar-refractivity contribution in [1.29, 1.82) is 0 Å². The number of furan rings is 2. The van der Waals surface area contributed by atoms with E-state index in [1.54, 1.807) is 60.2 Å². The maximum Gasteiger partial charge on any atom is 0.338 e. The first-order chi connectivity index (χ1) is 19.0. The van der Waals surface area contributed by atoms with Crippen molar-refractivity contribution in [1.82, 2.24) is 15.0 Å². The molecule has 2 aromatic carbocycles. The molecule has 6 rings (SSSR count). The van der Waals surface area contributed by atoms with Crippen LogP contribution in [0.15, 0.2) is 93.5 Å². The van der Waals surface area contributed by atoms with Crippen molar-refractivity contribution in [3.63, 3.8) is 0 Å². The van der Waals surface area contributed by atoms with Gasteiger partial charge in [0.25, 0.3) is 5.91 Å². The van der Waals surface area contributed by atoms with Crippen LogP contribution >= 0.6 is 11.3 Å². The highest BCUT2D eigenvalue weighted by Crippen LogP contribution is 2.32. The Morgan fingerprint density at radius 3 is 2.23 bits per heavy atom. The number of rotatable bonds is 7. The quantitative estimate of drug-likeness (QED) is 0.237. The van der Waals surface area contributed by atoms with Crippen molar-refractivity contribution in [2.45, 2.75) is 0 Å². The van der Waals surface area contributed by atoms with E-state index in [0.717, 1.165) is 0 Å². The number of halogens is 1. The van der Waals surface area contributed by atoms with Crippen LogP contribution in [0.3, 0.4) is 0 Å². The number of ether oxygens (including phenoxy) is 1. The lowest BCUT2D eigenvalue weighted by molar-refractivity contribution is -0.119. The molecule has 0 aliphatic carbocycles. The Balaban J connectivity index is 1.15. The lowest BCUT2D eigenvalue weighted by Gasteiger charge is -2.08. The fourth-order valence-electron chi connectivity index (χ4n) is 3.81. The molecule has 0 atom stereocenters. The van der Waals surface area contributed by atoms with Gasteiger partial charge >= 0.3 is 5.97 Å². The maximum atomic E-state index is 13.1. The molecule has 0 radical (unpaired) electrons. The Morgan fingerprint density at radius 2 is 1.56 bits per heavy atom. The van der Waals surface area contributed by atoms with E-state index in [1.807, 2.05) is 0 Å². The highest BCUT2D eigenvalue weighted by atomic mass is 32.1. The van der Waals surface area contributed by atoms with Gasteiger partial charge in [0.2, 0.25) is 0 Å². The normalized spacial score (nSPS) is 11.0. The van der Waals surface area contributed by atoms with Gasteiger partial charge in [-0.1, -0.05) is 0 Å². The summed E-state index contributed by atoms with van der Waals surface area (Å²) in [5.74, 6) is -0.582. The molecule has 1 N–H and O–H groups in total. The first-order valence-electron chi connectivity index (χ1n) is 11.6. The van der Waals surface area contributed by atoms with Crippen LogP contribution in [-0.2, 0) is 9.53 Å². The standard InChI is InChI=1S/C28H17FN4O5S/c29-18-8-5-16(6-9-18)21-15-39-28(32-21)33-24(34)14-38-27(35)17-7-10-19-20(13-17)31-26(23-4-2-12-37-23)25(30-19)22-3-1-11-36-22/h1-13,15H,14H2,(H,32,33,34). The number of carbonyl (C=O) groups excluding carboxylic acids is 2. The smallest absolute Gasteiger partial charge is 0.338 e. The Kier molecular flexibility index (Phi) is 6.39. The molecule has 0 saturated heterocycles. The number of esters is 1. The lowest BCUT2D eigenvalue weighted by Crippen LogP contribution is -2.20. The Morgan fingerprint density at radius 1 is 0.872 bits per heavy atom. The molecule has 4 aromatic heterocycles. The van der Waals surface area contributed by atoms with Crippen LogP contribution in [-0.4, -0.2) is 33.4 Å². The molecule has 0 aliphatic heterocycles. The summed E-state index contributed by atoms with van der Waals surface area (Å²) in [6.07, 6.45) is 3.07. The van der Waals surface area contributed by atoms with E-state index in [4.69, 9.17) is 13.6 Å². The van der Waals surface area contributed by atoms with Gasteiger partial charge in [-0.25, -0.2) is 24.1 Å². The summed E-state index contributed by atoms with van der Waals surface area (Å²) < 4.78 is 29.4. The van der Waals surface area contributed by atoms with Crippen LogP contribution in [0.2, 0.25) is 0 Å². The number of amides is 1. The minimum Gasteiger partial charge on any atom is -0.463 e. The van der Waals surface area contributed by atoms with Crippen LogP contribution < -0.4 is 5.32 Å². The minimum absolute atomic E-state index is 0.202. The van der Waals surface area contributed by atoms with Crippen LogP contribution in [0.5, 0.6) is 0 Å². The molecule has 39 heavy (non-hydrogen) atoms.